The van der Waals surface area contributed by atoms with Gasteiger partial charge in [0.15, 0.2) is 0 Å². The summed E-state index contributed by atoms with van der Waals surface area (Å²) in [5, 5.41) is 1.98. The fourth-order valence-electron chi connectivity index (χ4n) is 1.67. The highest BCUT2D eigenvalue weighted by Crippen LogP contribution is 2.18. The first-order valence-corrected chi connectivity index (χ1v) is 7.42. The first-order valence-electron chi connectivity index (χ1n) is 5.13. The molecule has 0 aliphatic carbocycles. The van der Waals surface area contributed by atoms with Gasteiger partial charge in [0.1, 0.15) is 10.1 Å². The van der Waals surface area contributed by atoms with Gasteiger partial charge >= 0.3 is 0 Å². The van der Waals surface area contributed by atoms with Crippen LogP contribution in [0.2, 0.25) is 0 Å². The van der Waals surface area contributed by atoms with Crippen molar-refractivity contribution in [2.24, 2.45) is 0 Å². The minimum atomic E-state index is -4.37. The molecule has 1 aromatic heterocycles. The van der Waals surface area contributed by atoms with Crippen LogP contribution in [0.5, 0.6) is 0 Å². The van der Waals surface area contributed by atoms with E-state index in [2.05, 4.69) is 0 Å². The van der Waals surface area contributed by atoms with Crippen LogP contribution in [0.25, 0.3) is 0 Å². The van der Waals surface area contributed by atoms with E-state index in [-0.39, 0.29) is 4.90 Å². The maximum Gasteiger partial charge on any atom is 0.124 e. The van der Waals surface area contributed by atoms with Crippen LogP contribution in [-0.4, -0.2) is 13.0 Å². The van der Waals surface area contributed by atoms with Crippen LogP contribution in [0.1, 0.15) is 10.4 Å². The van der Waals surface area contributed by atoms with Crippen molar-refractivity contribution in [2.45, 2.75) is 17.7 Å². The standard InChI is InChI=1S/C12H12O3S2/c13-17(14,15)12-6-2-1-4-10(12)7-8-11-5-3-9-16-11/h1-6,9H,7-8H2,(H,13,14,15)/p-1. The van der Waals surface area contributed by atoms with Gasteiger partial charge in [-0.2, -0.15) is 0 Å². The summed E-state index contributed by atoms with van der Waals surface area (Å²) < 4.78 is 33.2. The van der Waals surface area contributed by atoms with Gasteiger partial charge in [-0.3, -0.25) is 0 Å². The average Bonchev–Trinajstić information content (AvgIpc) is 2.78. The van der Waals surface area contributed by atoms with E-state index in [0.717, 1.165) is 6.42 Å². The predicted octanol–water partition coefficient (Wildman–Crippen LogP) is 2.44. The summed E-state index contributed by atoms with van der Waals surface area (Å²) in [7, 11) is -4.37. The molecule has 0 aliphatic rings. The van der Waals surface area contributed by atoms with Crippen LogP contribution in [0.3, 0.4) is 0 Å². The molecule has 1 heterocycles. The van der Waals surface area contributed by atoms with Crippen molar-refractivity contribution >= 4 is 21.5 Å². The summed E-state index contributed by atoms with van der Waals surface area (Å²) in [6.07, 6.45) is 1.32. The summed E-state index contributed by atoms with van der Waals surface area (Å²) in [5.41, 5.74) is 0.593. The Hall–Kier alpha value is -1.17. The predicted molar refractivity (Wildman–Crippen MR) is 66.1 cm³/mol. The maximum absolute atomic E-state index is 11.1. The lowest BCUT2D eigenvalue weighted by Gasteiger charge is -2.12. The molecule has 0 saturated carbocycles. The number of benzene rings is 1. The van der Waals surface area contributed by atoms with Crippen LogP contribution >= 0.6 is 11.3 Å². The molecule has 0 aliphatic heterocycles. The maximum atomic E-state index is 11.1. The van der Waals surface area contributed by atoms with Gasteiger partial charge in [0.2, 0.25) is 0 Å². The summed E-state index contributed by atoms with van der Waals surface area (Å²) in [6.45, 7) is 0. The van der Waals surface area contributed by atoms with Crippen LogP contribution in [0.4, 0.5) is 0 Å². The van der Waals surface area contributed by atoms with Crippen LogP contribution in [-0.2, 0) is 23.0 Å². The lowest BCUT2D eigenvalue weighted by molar-refractivity contribution is 0.462. The molecule has 0 N–H and O–H groups in total. The molecule has 0 spiro atoms. The normalized spacial score (nSPS) is 11.6. The zero-order valence-electron chi connectivity index (χ0n) is 9.00. The fourth-order valence-corrected chi connectivity index (χ4v) is 3.11. The zero-order valence-corrected chi connectivity index (χ0v) is 10.6. The number of thiophene rings is 1. The summed E-state index contributed by atoms with van der Waals surface area (Å²) >= 11 is 1.63. The molecule has 0 bridgehead atoms. The fraction of sp³-hybridized carbons (Fsp3) is 0.167. The smallest absolute Gasteiger partial charge is 0.124 e. The van der Waals surface area contributed by atoms with E-state index >= 15 is 0 Å². The van der Waals surface area contributed by atoms with Gasteiger partial charge in [0.05, 0.1) is 4.90 Å². The average molecular weight is 267 g/mol. The van der Waals surface area contributed by atoms with Crippen LogP contribution < -0.4 is 0 Å². The molecular weight excluding hydrogens is 256 g/mol. The number of rotatable bonds is 4. The first-order chi connectivity index (χ1) is 8.07. The lowest BCUT2D eigenvalue weighted by atomic mass is 10.1. The van der Waals surface area contributed by atoms with Crippen molar-refractivity contribution in [3.63, 3.8) is 0 Å². The molecule has 0 amide bonds. The molecular formula is C12H11O3S2-. The molecule has 0 radical (unpaired) electrons. The SMILES string of the molecule is O=S(=O)([O-])c1ccccc1CCc1cccs1. The third-order valence-corrected chi connectivity index (χ3v) is 4.34. The largest absolute Gasteiger partial charge is 0.744 e. The Balaban J connectivity index is 2.22. The van der Waals surface area contributed by atoms with E-state index in [9.17, 15) is 13.0 Å². The number of hydrogen-bond donors (Lipinski definition) is 0. The lowest BCUT2D eigenvalue weighted by Crippen LogP contribution is -2.04. The monoisotopic (exact) mass is 267 g/mol. The summed E-state index contributed by atoms with van der Waals surface area (Å²) in [4.78, 5) is 1.08. The third-order valence-electron chi connectivity index (χ3n) is 2.46. The second-order valence-electron chi connectivity index (χ2n) is 3.64. The highest BCUT2D eigenvalue weighted by atomic mass is 32.2. The molecule has 2 aromatic rings. The number of aryl methyl sites for hydroxylation is 2. The van der Waals surface area contributed by atoms with E-state index < -0.39 is 10.1 Å². The van der Waals surface area contributed by atoms with Gasteiger partial charge in [0, 0.05) is 4.88 Å². The molecule has 0 atom stereocenters. The van der Waals surface area contributed by atoms with Gasteiger partial charge in [-0.05, 0) is 35.9 Å². The van der Waals surface area contributed by atoms with Crippen molar-refractivity contribution < 1.29 is 13.0 Å². The van der Waals surface area contributed by atoms with E-state index in [4.69, 9.17) is 0 Å². The van der Waals surface area contributed by atoms with Gasteiger partial charge < -0.3 is 4.55 Å². The van der Waals surface area contributed by atoms with E-state index in [1.165, 1.54) is 10.9 Å². The van der Waals surface area contributed by atoms with Crippen molar-refractivity contribution in [2.75, 3.05) is 0 Å². The Morgan fingerprint density at radius 2 is 1.82 bits per heavy atom. The van der Waals surface area contributed by atoms with E-state index in [1.54, 1.807) is 29.5 Å². The highest BCUT2D eigenvalue weighted by molar-refractivity contribution is 7.85. The second kappa shape index (κ2) is 5.00. The minimum absolute atomic E-state index is 0.100. The number of hydrogen-bond acceptors (Lipinski definition) is 4. The Morgan fingerprint density at radius 3 is 2.47 bits per heavy atom. The van der Waals surface area contributed by atoms with Crippen LogP contribution in [0.15, 0.2) is 46.7 Å². The molecule has 5 heteroatoms. The molecule has 17 heavy (non-hydrogen) atoms. The van der Waals surface area contributed by atoms with Gasteiger partial charge in [-0.15, -0.1) is 11.3 Å². The summed E-state index contributed by atoms with van der Waals surface area (Å²) in [5.74, 6) is 0. The van der Waals surface area contributed by atoms with Gasteiger partial charge in [-0.25, -0.2) is 8.42 Å². The first kappa shape index (κ1) is 12.3. The van der Waals surface area contributed by atoms with Crippen molar-refractivity contribution in [3.8, 4) is 0 Å². The molecule has 0 fully saturated rings. The van der Waals surface area contributed by atoms with Crippen molar-refractivity contribution in [3.05, 3.63) is 52.2 Å². The Bertz CT molecular complexity index is 586. The molecule has 3 nitrogen and oxygen atoms in total. The molecule has 1 aromatic carbocycles. The summed E-state index contributed by atoms with van der Waals surface area (Å²) in [6, 6.07) is 10.3. The molecule has 90 valence electrons. The van der Waals surface area contributed by atoms with Crippen molar-refractivity contribution in [1.82, 2.24) is 0 Å². The second-order valence-corrected chi connectivity index (χ2v) is 6.02. The van der Waals surface area contributed by atoms with E-state index in [0.29, 0.717) is 12.0 Å². The molecule has 2 rings (SSSR count). The minimum Gasteiger partial charge on any atom is -0.744 e. The molecule has 0 saturated heterocycles. The Labute approximate surface area is 104 Å². The van der Waals surface area contributed by atoms with E-state index in [1.807, 2.05) is 17.5 Å². The third kappa shape index (κ3) is 3.15. The topological polar surface area (TPSA) is 57.2 Å². The quantitative estimate of drug-likeness (QED) is 0.799. The van der Waals surface area contributed by atoms with Crippen LogP contribution in [0, 0.1) is 0 Å². The van der Waals surface area contributed by atoms with Gasteiger partial charge in [-0.1, -0.05) is 24.3 Å². The Kier molecular flexibility index (Phi) is 3.61. The Morgan fingerprint density at radius 1 is 1.06 bits per heavy atom. The highest BCUT2D eigenvalue weighted by Gasteiger charge is 2.08. The zero-order chi connectivity index (χ0) is 12.3. The van der Waals surface area contributed by atoms with Crippen molar-refractivity contribution in [1.29, 1.82) is 0 Å². The van der Waals surface area contributed by atoms with Gasteiger partial charge in [0.25, 0.3) is 0 Å². The molecule has 0 unspecified atom stereocenters.